The van der Waals surface area contributed by atoms with E-state index in [-0.39, 0.29) is 17.9 Å². The molecule has 0 fully saturated rings. The zero-order valence-corrected chi connectivity index (χ0v) is 21.0. The van der Waals surface area contributed by atoms with Gasteiger partial charge in [0.2, 0.25) is 5.91 Å². The van der Waals surface area contributed by atoms with Gasteiger partial charge in [-0.05, 0) is 37.6 Å². The number of hydrogen-bond acceptors (Lipinski definition) is 6. The Morgan fingerprint density at radius 1 is 1.00 bits per heavy atom. The van der Waals surface area contributed by atoms with Crippen LogP contribution in [0.3, 0.4) is 0 Å². The van der Waals surface area contributed by atoms with Crippen molar-refractivity contribution in [2.24, 2.45) is 7.05 Å². The predicted molar refractivity (Wildman–Crippen MR) is 133 cm³/mol. The zero-order chi connectivity index (χ0) is 27.0. The molecule has 3 aromatic heterocycles. The number of rotatable bonds is 7. The van der Waals surface area contributed by atoms with E-state index in [0.717, 1.165) is 30.3 Å². The summed E-state index contributed by atoms with van der Waals surface area (Å²) in [5, 5.41) is 7.42. The highest BCUT2D eigenvalue weighted by atomic mass is 19.4. The molecule has 0 saturated heterocycles. The van der Waals surface area contributed by atoms with Crippen molar-refractivity contribution in [3.63, 3.8) is 0 Å². The highest BCUT2D eigenvalue weighted by Crippen LogP contribution is 2.40. The van der Waals surface area contributed by atoms with Crippen molar-refractivity contribution >= 4 is 22.6 Å². The highest BCUT2D eigenvalue weighted by molar-refractivity contribution is 5.91. The molecule has 8 nitrogen and oxygen atoms in total. The largest absolute Gasteiger partial charge is 0.493 e. The number of ether oxygens (including phenoxy) is 2. The fraction of sp³-hybridized carbons (Fsp3) is 0.308. The van der Waals surface area contributed by atoms with Gasteiger partial charge in [0.1, 0.15) is 11.2 Å². The van der Waals surface area contributed by atoms with E-state index in [4.69, 9.17) is 9.47 Å². The standard InChI is InChI=1S/C26H26F3N5O3/c1-25(2,26(27,28)29)22-12-23(34(3)33-22)32-24(35)8-15-6-7-18(30-13-15)17-9-16-10-20(36-4)21(37-5)11-19(16)31-14-17/h6-7,9-14H,8H2,1-5H3,(H,32,35). The van der Waals surface area contributed by atoms with Crippen molar-refractivity contribution in [2.75, 3.05) is 19.5 Å². The molecule has 37 heavy (non-hydrogen) atoms. The van der Waals surface area contributed by atoms with Gasteiger partial charge in [0.25, 0.3) is 0 Å². The number of halogens is 3. The molecule has 0 bridgehead atoms. The number of fused-ring (bicyclic) bond motifs is 1. The lowest BCUT2D eigenvalue weighted by Gasteiger charge is -2.25. The van der Waals surface area contributed by atoms with E-state index >= 15 is 0 Å². The van der Waals surface area contributed by atoms with Crippen molar-refractivity contribution in [3.8, 4) is 22.8 Å². The van der Waals surface area contributed by atoms with Crippen LogP contribution in [-0.4, -0.2) is 46.1 Å². The molecule has 4 aromatic rings. The maximum Gasteiger partial charge on any atom is 0.399 e. The van der Waals surface area contributed by atoms with Crippen LogP contribution in [0.5, 0.6) is 11.5 Å². The third kappa shape index (κ3) is 5.20. The summed E-state index contributed by atoms with van der Waals surface area (Å²) in [7, 11) is 4.60. The van der Waals surface area contributed by atoms with Gasteiger partial charge in [-0.2, -0.15) is 18.3 Å². The molecule has 1 N–H and O–H groups in total. The monoisotopic (exact) mass is 513 g/mol. The molecule has 4 rings (SSSR count). The summed E-state index contributed by atoms with van der Waals surface area (Å²) in [5.74, 6) is 0.951. The van der Waals surface area contributed by atoms with Gasteiger partial charge in [-0.3, -0.25) is 19.4 Å². The SMILES string of the molecule is COc1cc2cc(-c3ccc(CC(=O)Nc4cc(C(C)(C)C(F)(F)F)nn4C)cn3)cnc2cc1OC. The number of pyridine rings is 2. The molecule has 1 amide bonds. The van der Waals surface area contributed by atoms with Crippen molar-refractivity contribution in [1.29, 1.82) is 0 Å². The number of benzene rings is 1. The Balaban J connectivity index is 1.47. The normalized spacial score (nSPS) is 12.0. The van der Waals surface area contributed by atoms with E-state index in [1.165, 1.54) is 17.8 Å². The third-order valence-corrected chi connectivity index (χ3v) is 6.17. The first-order valence-corrected chi connectivity index (χ1v) is 11.3. The minimum Gasteiger partial charge on any atom is -0.493 e. The molecule has 0 saturated carbocycles. The van der Waals surface area contributed by atoms with E-state index < -0.39 is 17.5 Å². The van der Waals surface area contributed by atoms with Crippen LogP contribution in [0.15, 0.2) is 48.8 Å². The van der Waals surface area contributed by atoms with Gasteiger partial charge in [-0.25, -0.2) is 0 Å². The van der Waals surface area contributed by atoms with Gasteiger partial charge in [0, 0.05) is 42.5 Å². The second kappa shape index (κ2) is 9.72. The molecular formula is C26H26F3N5O3. The molecule has 0 atom stereocenters. The van der Waals surface area contributed by atoms with Gasteiger partial charge < -0.3 is 14.8 Å². The minimum atomic E-state index is -4.48. The van der Waals surface area contributed by atoms with E-state index in [0.29, 0.717) is 22.8 Å². The zero-order valence-electron chi connectivity index (χ0n) is 21.0. The van der Waals surface area contributed by atoms with Crippen LogP contribution in [0.2, 0.25) is 0 Å². The Labute approximate surface area is 211 Å². The van der Waals surface area contributed by atoms with Crippen LogP contribution < -0.4 is 14.8 Å². The average Bonchev–Trinajstić information content (AvgIpc) is 3.23. The number of anilines is 1. The van der Waals surface area contributed by atoms with Gasteiger partial charge in [0.05, 0.1) is 37.5 Å². The molecular weight excluding hydrogens is 487 g/mol. The average molecular weight is 514 g/mol. The maximum absolute atomic E-state index is 13.3. The number of amides is 1. The van der Waals surface area contributed by atoms with Crippen molar-refractivity contribution < 1.29 is 27.4 Å². The van der Waals surface area contributed by atoms with Gasteiger partial charge in [0.15, 0.2) is 11.5 Å². The summed E-state index contributed by atoms with van der Waals surface area (Å²) in [6.07, 6.45) is -1.21. The lowest BCUT2D eigenvalue weighted by atomic mass is 9.89. The molecule has 0 aliphatic rings. The Bertz CT molecular complexity index is 1450. The molecule has 1 aromatic carbocycles. The van der Waals surface area contributed by atoms with E-state index in [1.54, 1.807) is 44.8 Å². The number of aromatic nitrogens is 4. The number of methoxy groups -OCH3 is 2. The van der Waals surface area contributed by atoms with E-state index in [9.17, 15) is 18.0 Å². The molecule has 11 heteroatoms. The van der Waals surface area contributed by atoms with Gasteiger partial charge in [-0.15, -0.1) is 0 Å². The van der Waals surface area contributed by atoms with Crippen LogP contribution in [0.1, 0.15) is 25.1 Å². The summed E-state index contributed by atoms with van der Waals surface area (Å²) in [6.45, 7) is 2.10. The number of nitrogens with zero attached hydrogens (tertiary/aromatic N) is 4. The van der Waals surface area contributed by atoms with Gasteiger partial charge >= 0.3 is 6.18 Å². The molecule has 0 unspecified atom stereocenters. The summed E-state index contributed by atoms with van der Waals surface area (Å²) < 4.78 is 51.9. The van der Waals surface area contributed by atoms with E-state index in [2.05, 4.69) is 20.4 Å². The Morgan fingerprint density at radius 2 is 1.70 bits per heavy atom. The van der Waals surface area contributed by atoms with Crippen LogP contribution in [-0.2, 0) is 23.7 Å². The van der Waals surface area contributed by atoms with Crippen LogP contribution in [0.25, 0.3) is 22.2 Å². The maximum atomic E-state index is 13.3. The number of alkyl halides is 3. The highest BCUT2D eigenvalue weighted by Gasteiger charge is 2.50. The van der Waals surface area contributed by atoms with E-state index in [1.807, 2.05) is 12.1 Å². The fourth-order valence-corrected chi connectivity index (χ4v) is 3.70. The first-order valence-electron chi connectivity index (χ1n) is 11.3. The molecule has 0 aliphatic heterocycles. The molecule has 194 valence electrons. The summed E-state index contributed by atoms with van der Waals surface area (Å²) >= 11 is 0. The Morgan fingerprint density at radius 3 is 2.32 bits per heavy atom. The topological polar surface area (TPSA) is 91.2 Å². The number of carbonyl (C=O) groups is 1. The third-order valence-electron chi connectivity index (χ3n) is 6.17. The number of hydrogen-bond donors (Lipinski definition) is 1. The summed E-state index contributed by atoms with van der Waals surface area (Å²) in [6, 6.07) is 10.3. The quantitative estimate of drug-likeness (QED) is 0.371. The van der Waals surface area contributed by atoms with Crippen molar-refractivity contribution in [3.05, 3.63) is 60.0 Å². The van der Waals surface area contributed by atoms with Crippen LogP contribution in [0.4, 0.5) is 19.0 Å². The molecule has 0 spiro atoms. The molecule has 0 radical (unpaired) electrons. The first kappa shape index (κ1) is 25.9. The van der Waals surface area contributed by atoms with Crippen molar-refractivity contribution in [2.45, 2.75) is 31.9 Å². The second-order valence-electron chi connectivity index (χ2n) is 9.06. The van der Waals surface area contributed by atoms with Gasteiger partial charge in [-0.1, -0.05) is 6.07 Å². The Kier molecular flexibility index (Phi) is 6.81. The minimum absolute atomic E-state index is 0.0105. The number of aryl methyl sites for hydroxylation is 1. The molecule has 0 aliphatic carbocycles. The van der Waals surface area contributed by atoms with Crippen LogP contribution in [0, 0.1) is 0 Å². The second-order valence-corrected chi connectivity index (χ2v) is 9.06. The number of nitrogens with one attached hydrogen (secondary N) is 1. The molecule has 3 heterocycles. The first-order chi connectivity index (χ1) is 17.4. The number of carbonyl (C=O) groups excluding carboxylic acids is 1. The summed E-state index contributed by atoms with van der Waals surface area (Å²) in [5.41, 5.74) is 0.502. The smallest absolute Gasteiger partial charge is 0.399 e. The lowest BCUT2D eigenvalue weighted by molar-refractivity contribution is -0.181. The van der Waals surface area contributed by atoms with Crippen molar-refractivity contribution in [1.82, 2.24) is 19.7 Å². The summed E-state index contributed by atoms with van der Waals surface area (Å²) in [4.78, 5) is 21.5. The lowest BCUT2D eigenvalue weighted by Crippen LogP contribution is -2.36. The predicted octanol–water partition coefficient (Wildman–Crippen LogP) is 5.07. The fourth-order valence-electron chi connectivity index (χ4n) is 3.70. The van der Waals surface area contributed by atoms with Crippen LogP contribution >= 0.6 is 0 Å². The Hall–Kier alpha value is -4.15.